The van der Waals surface area contributed by atoms with E-state index in [-0.39, 0.29) is 0 Å². The molecule has 0 spiro atoms. The fraction of sp³-hybridized carbons (Fsp3) is 0.273. The van der Waals surface area contributed by atoms with E-state index in [9.17, 15) is 0 Å². The zero-order valence-corrected chi connectivity index (χ0v) is 15.6. The van der Waals surface area contributed by atoms with Crippen LogP contribution in [0.1, 0.15) is 27.9 Å². The van der Waals surface area contributed by atoms with Crippen LogP contribution in [-0.2, 0) is 13.0 Å². The summed E-state index contributed by atoms with van der Waals surface area (Å²) >= 11 is 0. The number of anilines is 3. The number of aryl methyl sites for hydroxylation is 3. The summed E-state index contributed by atoms with van der Waals surface area (Å²) < 4.78 is 0. The third kappa shape index (κ3) is 3.40. The molecular weight excluding hydrogens is 320 g/mol. The van der Waals surface area contributed by atoms with Gasteiger partial charge in [0.05, 0.1) is 0 Å². The predicted octanol–water partition coefficient (Wildman–Crippen LogP) is 4.71. The van der Waals surface area contributed by atoms with Gasteiger partial charge < -0.3 is 10.2 Å². The molecule has 132 valence electrons. The fourth-order valence-corrected chi connectivity index (χ4v) is 3.39. The molecule has 1 aliphatic heterocycles. The molecule has 2 aromatic carbocycles. The van der Waals surface area contributed by atoms with Crippen molar-refractivity contribution in [3.05, 3.63) is 76.5 Å². The summed E-state index contributed by atoms with van der Waals surface area (Å²) in [6.45, 7) is 8.09. The molecule has 0 fully saturated rings. The van der Waals surface area contributed by atoms with Crippen molar-refractivity contribution in [2.24, 2.45) is 0 Å². The maximum absolute atomic E-state index is 4.78. The Bertz CT molecular complexity index is 949. The summed E-state index contributed by atoms with van der Waals surface area (Å²) in [5.74, 6) is 1.64. The first-order chi connectivity index (χ1) is 12.6. The predicted molar refractivity (Wildman–Crippen MR) is 107 cm³/mol. The van der Waals surface area contributed by atoms with Crippen LogP contribution in [0.15, 0.2) is 48.5 Å². The average molecular weight is 344 g/mol. The third-order valence-electron chi connectivity index (χ3n) is 5.04. The lowest BCUT2D eigenvalue weighted by molar-refractivity contribution is 0.706. The van der Waals surface area contributed by atoms with Crippen LogP contribution in [0, 0.1) is 20.8 Å². The minimum atomic E-state index is 0.797. The standard InChI is InChI=1S/C22H24N4/c1-15-8-9-20(12-16(15)2)24-21-13-17(3)23-22(25-21)26-11-10-18-6-4-5-7-19(18)14-26/h4-9,12-13H,10-11,14H2,1-3H3,(H,23,24,25). The van der Waals surface area contributed by atoms with Crippen LogP contribution in [-0.4, -0.2) is 16.5 Å². The normalized spacial score (nSPS) is 13.4. The van der Waals surface area contributed by atoms with E-state index in [1.807, 2.05) is 13.0 Å². The molecule has 0 unspecified atom stereocenters. The molecule has 4 nitrogen and oxygen atoms in total. The summed E-state index contributed by atoms with van der Waals surface area (Å²) in [6, 6.07) is 17.0. The van der Waals surface area contributed by atoms with Crippen molar-refractivity contribution in [1.82, 2.24) is 9.97 Å². The fourth-order valence-electron chi connectivity index (χ4n) is 3.39. The Kier molecular flexibility index (Phi) is 4.33. The molecule has 1 N–H and O–H groups in total. The molecule has 26 heavy (non-hydrogen) atoms. The molecular formula is C22H24N4. The van der Waals surface area contributed by atoms with Gasteiger partial charge in [-0.2, -0.15) is 4.98 Å². The van der Waals surface area contributed by atoms with E-state index in [2.05, 4.69) is 71.5 Å². The van der Waals surface area contributed by atoms with Gasteiger partial charge in [0.2, 0.25) is 5.95 Å². The van der Waals surface area contributed by atoms with Crippen LogP contribution in [0.4, 0.5) is 17.5 Å². The van der Waals surface area contributed by atoms with Gasteiger partial charge in [0.15, 0.2) is 0 Å². The van der Waals surface area contributed by atoms with Gasteiger partial charge in [0.1, 0.15) is 5.82 Å². The Morgan fingerprint density at radius 2 is 1.69 bits per heavy atom. The van der Waals surface area contributed by atoms with Crippen LogP contribution in [0.25, 0.3) is 0 Å². The van der Waals surface area contributed by atoms with E-state index in [4.69, 9.17) is 4.98 Å². The lowest BCUT2D eigenvalue weighted by Crippen LogP contribution is -2.32. The van der Waals surface area contributed by atoms with Gasteiger partial charge in [0, 0.05) is 30.5 Å². The van der Waals surface area contributed by atoms with Crippen molar-refractivity contribution in [2.45, 2.75) is 33.7 Å². The maximum atomic E-state index is 4.78. The molecule has 1 aromatic heterocycles. The molecule has 0 saturated heterocycles. The van der Waals surface area contributed by atoms with Crippen LogP contribution in [0.5, 0.6) is 0 Å². The van der Waals surface area contributed by atoms with Crippen LogP contribution in [0.2, 0.25) is 0 Å². The number of benzene rings is 2. The molecule has 0 radical (unpaired) electrons. The van der Waals surface area contributed by atoms with E-state index >= 15 is 0 Å². The maximum Gasteiger partial charge on any atom is 0.227 e. The molecule has 0 amide bonds. The van der Waals surface area contributed by atoms with Gasteiger partial charge in [-0.1, -0.05) is 30.3 Å². The van der Waals surface area contributed by atoms with Crippen LogP contribution < -0.4 is 10.2 Å². The molecule has 4 rings (SSSR count). The Labute approximate surface area is 154 Å². The Morgan fingerprint density at radius 3 is 2.50 bits per heavy atom. The van der Waals surface area contributed by atoms with Crippen molar-refractivity contribution in [1.29, 1.82) is 0 Å². The van der Waals surface area contributed by atoms with E-state index < -0.39 is 0 Å². The van der Waals surface area contributed by atoms with Crippen molar-refractivity contribution < 1.29 is 0 Å². The number of hydrogen-bond acceptors (Lipinski definition) is 4. The number of hydrogen-bond donors (Lipinski definition) is 1. The van der Waals surface area contributed by atoms with E-state index in [1.165, 1.54) is 22.3 Å². The Balaban J connectivity index is 1.59. The van der Waals surface area contributed by atoms with Gasteiger partial charge in [-0.25, -0.2) is 4.98 Å². The zero-order chi connectivity index (χ0) is 18.1. The minimum absolute atomic E-state index is 0.797. The van der Waals surface area contributed by atoms with Crippen LogP contribution in [0.3, 0.4) is 0 Å². The average Bonchev–Trinajstić information content (AvgIpc) is 2.64. The Morgan fingerprint density at radius 1 is 0.885 bits per heavy atom. The topological polar surface area (TPSA) is 41.1 Å². The van der Waals surface area contributed by atoms with Crippen molar-refractivity contribution in [3.63, 3.8) is 0 Å². The number of nitrogens with zero attached hydrogens (tertiary/aromatic N) is 3. The van der Waals surface area contributed by atoms with Crippen molar-refractivity contribution in [2.75, 3.05) is 16.8 Å². The first-order valence-electron chi connectivity index (χ1n) is 9.10. The second-order valence-electron chi connectivity index (χ2n) is 7.06. The highest BCUT2D eigenvalue weighted by Gasteiger charge is 2.18. The molecule has 0 aliphatic carbocycles. The monoisotopic (exact) mass is 344 g/mol. The summed E-state index contributed by atoms with van der Waals surface area (Å²) in [7, 11) is 0. The van der Waals surface area contributed by atoms with Crippen LogP contribution >= 0.6 is 0 Å². The lowest BCUT2D eigenvalue weighted by Gasteiger charge is -2.29. The molecule has 0 saturated carbocycles. The summed E-state index contributed by atoms with van der Waals surface area (Å²) in [6.07, 6.45) is 1.04. The molecule has 0 atom stereocenters. The molecule has 0 bridgehead atoms. The van der Waals surface area contributed by atoms with E-state index in [0.29, 0.717) is 0 Å². The molecule has 1 aliphatic rings. The Hall–Kier alpha value is -2.88. The van der Waals surface area contributed by atoms with Gasteiger partial charge in [-0.15, -0.1) is 0 Å². The smallest absolute Gasteiger partial charge is 0.227 e. The first-order valence-corrected chi connectivity index (χ1v) is 9.10. The number of fused-ring (bicyclic) bond motifs is 1. The van der Waals surface area contributed by atoms with Gasteiger partial charge in [-0.3, -0.25) is 0 Å². The van der Waals surface area contributed by atoms with Gasteiger partial charge >= 0.3 is 0 Å². The van der Waals surface area contributed by atoms with Gasteiger partial charge in [-0.05, 0) is 61.6 Å². The highest BCUT2D eigenvalue weighted by molar-refractivity contribution is 5.59. The number of aromatic nitrogens is 2. The van der Waals surface area contributed by atoms with Crippen molar-refractivity contribution in [3.8, 4) is 0 Å². The van der Waals surface area contributed by atoms with E-state index in [1.54, 1.807) is 0 Å². The minimum Gasteiger partial charge on any atom is -0.340 e. The summed E-state index contributed by atoms with van der Waals surface area (Å²) in [5.41, 5.74) is 7.40. The molecule has 2 heterocycles. The molecule has 4 heteroatoms. The largest absolute Gasteiger partial charge is 0.340 e. The SMILES string of the molecule is Cc1cc(Nc2ccc(C)c(C)c2)nc(N2CCc3ccccc3C2)n1. The second-order valence-corrected chi connectivity index (χ2v) is 7.06. The second kappa shape index (κ2) is 6.79. The third-order valence-corrected chi connectivity index (χ3v) is 5.04. The van der Waals surface area contributed by atoms with Crippen molar-refractivity contribution >= 4 is 17.5 Å². The zero-order valence-electron chi connectivity index (χ0n) is 15.6. The number of rotatable bonds is 3. The lowest BCUT2D eigenvalue weighted by atomic mass is 10.0. The van der Waals surface area contributed by atoms with Gasteiger partial charge in [0.25, 0.3) is 0 Å². The first kappa shape index (κ1) is 16.6. The number of nitrogens with one attached hydrogen (secondary N) is 1. The summed E-state index contributed by atoms with van der Waals surface area (Å²) in [5, 5.41) is 3.43. The molecule has 3 aromatic rings. The quantitative estimate of drug-likeness (QED) is 0.747. The highest BCUT2D eigenvalue weighted by Crippen LogP contribution is 2.25. The van der Waals surface area contributed by atoms with E-state index in [0.717, 1.165) is 42.7 Å². The highest BCUT2D eigenvalue weighted by atomic mass is 15.3. The summed E-state index contributed by atoms with van der Waals surface area (Å²) in [4.78, 5) is 11.7.